The van der Waals surface area contributed by atoms with Crippen LogP contribution in [0.25, 0.3) is 21.9 Å². The summed E-state index contributed by atoms with van der Waals surface area (Å²) in [6.45, 7) is 7.70. The highest BCUT2D eigenvalue weighted by Gasteiger charge is 2.26. The number of halogens is 1. The first-order valence-electron chi connectivity index (χ1n) is 23.4. The number of epoxide rings is 1. The van der Waals surface area contributed by atoms with Gasteiger partial charge < -0.3 is 38.1 Å². The molecule has 2 heterocycles. The molecule has 1 unspecified atom stereocenters. The Kier molecular flexibility index (Phi) is 16.3. The van der Waals surface area contributed by atoms with Crippen LogP contribution in [-0.2, 0) is 28.7 Å². The number of benzene rings is 6. The molecule has 0 bridgehead atoms. The van der Waals surface area contributed by atoms with E-state index in [1.807, 2.05) is 66.7 Å². The molecular weight excluding hydrogens is 870 g/mol. The van der Waals surface area contributed by atoms with Crippen molar-refractivity contribution in [3.63, 3.8) is 0 Å². The number of esters is 1. The number of methoxy groups -OCH3 is 1. The summed E-state index contributed by atoms with van der Waals surface area (Å²) in [6, 6.07) is 34.0. The largest absolute Gasteiger partial charge is 0.493 e. The fourth-order valence-electron chi connectivity index (χ4n) is 8.41. The van der Waals surface area contributed by atoms with Gasteiger partial charge >= 0.3 is 5.97 Å². The van der Waals surface area contributed by atoms with E-state index in [2.05, 4.69) is 61.7 Å². The molecule has 8 rings (SSSR count). The minimum atomic E-state index is -0.459. The highest BCUT2D eigenvalue weighted by atomic mass is 35.5. The molecule has 66 heavy (non-hydrogen) atoms. The zero-order valence-corrected chi connectivity index (χ0v) is 39.9. The average Bonchev–Trinajstić information content (AvgIpc) is 4.17. The second-order valence-electron chi connectivity index (χ2n) is 16.8. The average molecular weight is 931 g/mol. The van der Waals surface area contributed by atoms with Crippen LogP contribution in [0, 0.1) is 0 Å². The number of anilines is 2. The van der Waals surface area contributed by atoms with E-state index < -0.39 is 5.97 Å². The highest BCUT2D eigenvalue weighted by Crippen LogP contribution is 2.49. The summed E-state index contributed by atoms with van der Waals surface area (Å²) in [4.78, 5) is 15.8. The van der Waals surface area contributed by atoms with Gasteiger partial charge in [0.05, 0.1) is 43.9 Å². The van der Waals surface area contributed by atoms with E-state index in [1.165, 1.54) is 11.1 Å². The van der Waals surface area contributed by atoms with Crippen LogP contribution in [0.4, 0.5) is 11.4 Å². The molecule has 1 saturated heterocycles. The van der Waals surface area contributed by atoms with Crippen molar-refractivity contribution in [2.24, 2.45) is 0 Å². The summed E-state index contributed by atoms with van der Waals surface area (Å²) in [5, 5.41) is 2.56. The molecule has 1 fully saturated rings. The standard InChI is InChI=1S/C55H60ClNO8S/c1-4-11-38-33-51(61-25-8-6-7-9-28-66)46(42-18-21-47-52(34-42)64-49-23-19-44(56)35-48(49)57(47)24-5-2)32-41(38)14-12-37-13-22-50(53(29-37)59-3)65-55(58)43-16-15-40-31-45(20-17-39(40)30-43)60-26-10-27-62-54-36-63-54/h13,15-23,29-35,54,66H,4-12,14,24-28,36H2,1-3H3. The molecule has 0 saturated carbocycles. The van der Waals surface area contributed by atoms with Gasteiger partial charge in [-0.15, -0.1) is 0 Å². The van der Waals surface area contributed by atoms with E-state index in [-0.39, 0.29) is 6.29 Å². The predicted octanol–water partition coefficient (Wildman–Crippen LogP) is 13.8. The molecule has 9 nitrogen and oxygen atoms in total. The lowest BCUT2D eigenvalue weighted by atomic mass is 9.92. The normalized spacial score (nSPS) is 13.8. The Hall–Kier alpha value is -5.39. The van der Waals surface area contributed by atoms with E-state index in [9.17, 15) is 4.79 Å². The van der Waals surface area contributed by atoms with Crippen molar-refractivity contribution in [1.29, 1.82) is 0 Å². The second-order valence-corrected chi connectivity index (χ2v) is 17.7. The van der Waals surface area contributed by atoms with Crippen LogP contribution < -0.4 is 28.6 Å². The molecule has 0 aliphatic carbocycles. The van der Waals surface area contributed by atoms with Gasteiger partial charge in [0.15, 0.2) is 29.3 Å². The van der Waals surface area contributed by atoms with E-state index in [0.29, 0.717) is 48.5 Å². The van der Waals surface area contributed by atoms with Crippen molar-refractivity contribution in [2.45, 2.75) is 84.3 Å². The molecule has 346 valence electrons. The maximum absolute atomic E-state index is 13.5. The van der Waals surface area contributed by atoms with Crippen LogP contribution in [0.1, 0.15) is 85.8 Å². The Morgan fingerprint density at radius 2 is 1.53 bits per heavy atom. The highest BCUT2D eigenvalue weighted by molar-refractivity contribution is 7.80. The van der Waals surface area contributed by atoms with Gasteiger partial charge in [0, 0.05) is 23.6 Å². The molecule has 0 aromatic heterocycles. The number of rotatable bonds is 24. The number of thiol groups is 1. The summed E-state index contributed by atoms with van der Waals surface area (Å²) < 4.78 is 41.4. The van der Waals surface area contributed by atoms with Crippen molar-refractivity contribution in [3.05, 3.63) is 130 Å². The molecule has 2 aliphatic rings. The molecule has 0 radical (unpaired) electrons. The van der Waals surface area contributed by atoms with Gasteiger partial charge in [0.2, 0.25) is 0 Å². The lowest BCUT2D eigenvalue weighted by Crippen LogP contribution is -2.22. The molecule has 0 N–H and O–H groups in total. The van der Waals surface area contributed by atoms with Gasteiger partial charge in [0.1, 0.15) is 18.1 Å². The zero-order chi connectivity index (χ0) is 45.8. The SMILES string of the molecule is CCCc1cc(OCCCCCCS)c(-c2ccc3c(c2)Oc2ccc(Cl)cc2N3CCC)cc1CCc1ccc(OC(=O)c2ccc3cc(OCCCOC4CO4)ccc3c2)c(OC)c1. The van der Waals surface area contributed by atoms with Crippen LogP contribution in [0.5, 0.6) is 34.5 Å². The van der Waals surface area contributed by atoms with E-state index in [4.69, 9.17) is 44.8 Å². The molecular formula is C55H60ClNO8S. The number of nitrogens with zero attached hydrogens (tertiary/aromatic N) is 1. The molecule has 6 aromatic rings. The van der Waals surface area contributed by atoms with Crippen LogP contribution in [0.15, 0.2) is 103 Å². The Morgan fingerprint density at radius 1 is 0.712 bits per heavy atom. The van der Waals surface area contributed by atoms with Gasteiger partial charge in [-0.05, 0) is 156 Å². The number of carbonyl (C=O) groups is 1. The topological polar surface area (TPSA) is 88.2 Å². The quantitative estimate of drug-likeness (QED) is 0.0210. The number of aryl methyl sites for hydroxylation is 3. The van der Waals surface area contributed by atoms with Crippen LogP contribution in [0.2, 0.25) is 5.02 Å². The lowest BCUT2D eigenvalue weighted by Gasteiger charge is -2.33. The van der Waals surface area contributed by atoms with Gasteiger partial charge in [-0.2, -0.15) is 12.6 Å². The molecule has 0 amide bonds. The molecule has 1 atom stereocenters. The maximum atomic E-state index is 13.5. The van der Waals surface area contributed by atoms with Crippen molar-refractivity contribution < 1.29 is 38.0 Å². The zero-order valence-electron chi connectivity index (χ0n) is 38.2. The van der Waals surface area contributed by atoms with E-state index >= 15 is 0 Å². The number of ether oxygens (including phenoxy) is 7. The molecule has 6 aromatic carbocycles. The Bertz CT molecular complexity index is 2610. The molecule has 0 spiro atoms. The first-order chi connectivity index (χ1) is 32.3. The fraction of sp³-hybridized carbons (Fsp3) is 0.364. The third kappa shape index (κ3) is 11.9. The monoisotopic (exact) mass is 929 g/mol. The van der Waals surface area contributed by atoms with E-state index in [0.717, 1.165) is 138 Å². The van der Waals surface area contributed by atoms with E-state index in [1.54, 1.807) is 13.2 Å². The summed E-state index contributed by atoms with van der Waals surface area (Å²) in [5.41, 5.74) is 8.13. The van der Waals surface area contributed by atoms with Gasteiger partial charge in [-0.25, -0.2) is 4.79 Å². The van der Waals surface area contributed by atoms with Crippen molar-refractivity contribution >= 4 is 52.3 Å². The lowest BCUT2D eigenvalue weighted by molar-refractivity contribution is 0.0435. The predicted molar refractivity (Wildman–Crippen MR) is 268 cm³/mol. The maximum Gasteiger partial charge on any atom is 0.343 e. The first-order valence-corrected chi connectivity index (χ1v) is 24.4. The smallest absolute Gasteiger partial charge is 0.343 e. The number of unbranched alkanes of at least 4 members (excludes halogenated alkanes) is 3. The number of hydrogen-bond acceptors (Lipinski definition) is 10. The number of hydrogen-bond donors (Lipinski definition) is 1. The minimum absolute atomic E-state index is 0.0434. The third-order valence-electron chi connectivity index (χ3n) is 11.9. The van der Waals surface area contributed by atoms with Crippen molar-refractivity contribution in [3.8, 4) is 45.6 Å². The minimum Gasteiger partial charge on any atom is -0.493 e. The molecule has 2 aliphatic heterocycles. The summed E-state index contributed by atoms with van der Waals surface area (Å²) >= 11 is 10.8. The Balaban J connectivity index is 0.988. The van der Waals surface area contributed by atoms with Gasteiger partial charge in [-0.1, -0.05) is 69.0 Å². The number of fused-ring (bicyclic) bond motifs is 3. The van der Waals surface area contributed by atoms with Gasteiger partial charge in [-0.3, -0.25) is 0 Å². The third-order valence-corrected chi connectivity index (χ3v) is 12.4. The van der Waals surface area contributed by atoms with Crippen LogP contribution in [-0.4, -0.2) is 58.1 Å². The summed E-state index contributed by atoms with van der Waals surface area (Å²) in [5.74, 6) is 4.56. The van der Waals surface area contributed by atoms with Crippen LogP contribution >= 0.6 is 24.2 Å². The first kappa shape index (κ1) is 47.1. The summed E-state index contributed by atoms with van der Waals surface area (Å²) in [7, 11) is 1.60. The Labute approximate surface area is 399 Å². The summed E-state index contributed by atoms with van der Waals surface area (Å²) in [6.07, 6.45) is 9.54. The second kappa shape index (κ2) is 22.9. The van der Waals surface area contributed by atoms with Gasteiger partial charge in [0.25, 0.3) is 0 Å². The number of carbonyl (C=O) groups excluding carboxylic acids is 1. The molecule has 11 heteroatoms. The fourth-order valence-corrected chi connectivity index (χ4v) is 8.80. The van der Waals surface area contributed by atoms with Crippen molar-refractivity contribution in [1.82, 2.24) is 0 Å². The Morgan fingerprint density at radius 3 is 2.35 bits per heavy atom. The van der Waals surface area contributed by atoms with Crippen molar-refractivity contribution in [2.75, 3.05) is 50.7 Å². The van der Waals surface area contributed by atoms with Crippen LogP contribution in [0.3, 0.4) is 0 Å².